The van der Waals surface area contributed by atoms with Gasteiger partial charge in [0.05, 0.1) is 8.80 Å². The van der Waals surface area contributed by atoms with Crippen LogP contribution >= 0.6 is 11.6 Å². The van der Waals surface area contributed by atoms with Crippen molar-refractivity contribution in [2.24, 2.45) is 0 Å². The molecule has 12 heavy (non-hydrogen) atoms. The molecule has 0 aromatic rings. The third-order valence-electron chi connectivity index (χ3n) is 2.59. The standard InChI is InChI=1S/C10H21ClSi/c1-4-6-8-12(9-7-11)10(3)5-2/h7,9-10,12H,4-6,8H2,1-3H3. The summed E-state index contributed by atoms with van der Waals surface area (Å²) in [7, 11) is -0.658. The van der Waals surface area contributed by atoms with Crippen LogP contribution in [0.1, 0.15) is 40.0 Å². The van der Waals surface area contributed by atoms with Crippen molar-refractivity contribution in [3.05, 3.63) is 11.2 Å². The molecule has 0 bridgehead atoms. The van der Waals surface area contributed by atoms with Crippen LogP contribution < -0.4 is 0 Å². The van der Waals surface area contributed by atoms with Gasteiger partial charge in [0.15, 0.2) is 0 Å². The Morgan fingerprint density at radius 3 is 2.50 bits per heavy atom. The minimum Gasteiger partial charge on any atom is -0.0937 e. The van der Waals surface area contributed by atoms with Crippen molar-refractivity contribution in [1.29, 1.82) is 0 Å². The van der Waals surface area contributed by atoms with Crippen LogP contribution in [0.2, 0.25) is 11.6 Å². The second kappa shape index (κ2) is 7.87. The van der Waals surface area contributed by atoms with Gasteiger partial charge in [-0.1, -0.05) is 63.4 Å². The van der Waals surface area contributed by atoms with Crippen LogP contribution in [-0.4, -0.2) is 8.80 Å². The highest BCUT2D eigenvalue weighted by molar-refractivity contribution is 6.66. The van der Waals surface area contributed by atoms with Crippen LogP contribution in [0.15, 0.2) is 11.2 Å². The summed E-state index contributed by atoms with van der Waals surface area (Å²) in [6.45, 7) is 6.90. The summed E-state index contributed by atoms with van der Waals surface area (Å²) in [5.41, 5.74) is 4.93. The highest BCUT2D eigenvalue weighted by atomic mass is 35.5. The summed E-state index contributed by atoms with van der Waals surface area (Å²) in [6.07, 6.45) is 4.00. The first-order chi connectivity index (χ1) is 5.76. The zero-order valence-electron chi connectivity index (χ0n) is 8.52. The van der Waals surface area contributed by atoms with E-state index in [1.54, 1.807) is 5.54 Å². The predicted molar refractivity (Wildman–Crippen MR) is 61.6 cm³/mol. The van der Waals surface area contributed by atoms with Gasteiger partial charge in [-0.3, -0.25) is 0 Å². The van der Waals surface area contributed by atoms with Gasteiger partial charge in [0.1, 0.15) is 0 Å². The minimum absolute atomic E-state index is 0.658. The van der Waals surface area contributed by atoms with E-state index in [0.29, 0.717) is 0 Å². The van der Waals surface area contributed by atoms with E-state index in [-0.39, 0.29) is 0 Å². The minimum atomic E-state index is -0.658. The van der Waals surface area contributed by atoms with Crippen molar-refractivity contribution in [2.75, 3.05) is 0 Å². The summed E-state index contributed by atoms with van der Waals surface area (Å²) in [6, 6.07) is 1.43. The summed E-state index contributed by atoms with van der Waals surface area (Å²) in [5, 5.41) is 0. The van der Waals surface area contributed by atoms with Crippen molar-refractivity contribution in [1.82, 2.24) is 0 Å². The molecule has 0 aliphatic carbocycles. The molecule has 0 aromatic carbocycles. The SMILES string of the molecule is CCCC[SiH](C=CCl)C(C)CC. The average Bonchev–Trinajstić information content (AvgIpc) is 2.11. The lowest BCUT2D eigenvalue weighted by Crippen LogP contribution is -2.15. The lowest BCUT2D eigenvalue weighted by Gasteiger charge is -2.16. The van der Waals surface area contributed by atoms with E-state index in [1.165, 1.54) is 25.3 Å². The highest BCUT2D eigenvalue weighted by Crippen LogP contribution is 2.20. The number of halogens is 1. The third-order valence-corrected chi connectivity index (χ3v) is 6.67. The highest BCUT2D eigenvalue weighted by Gasteiger charge is 2.13. The quantitative estimate of drug-likeness (QED) is 0.572. The van der Waals surface area contributed by atoms with Crippen LogP contribution in [-0.2, 0) is 0 Å². The van der Waals surface area contributed by atoms with Gasteiger partial charge in [-0.15, -0.1) is 0 Å². The maximum atomic E-state index is 5.63. The first-order valence-electron chi connectivity index (χ1n) is 5.03. The zero-order chi connectivity index (χ0) is 9.40. The summed E-state index contributed by atoms with van der Waals surface area (Å²) in [5.74, 6) is 0. The lowest BCUT2D eigenvalue weighted by atomic mass is 10.4. The van der Waals surface area contributed by atoms with Gasteiger partial charge in [0, 0.05) is 0 Å². The Bertz CT molecular complexity index is 123. The van der Waals surface area contributed by atoms with Gasteiger partial charge >= 0.3 is 0 Å². The van der Waals surface area contributed by atoms with Crippen LogP contribution in [0.25, 0.3) is 0 Å². The Kier molecular flexibility index (Phi) is 8.04. The Hall–Kier alpha value is 0.247. The Balaban J connectivity index is 3.85. The van der Waals surface area contributed by atoms with Crippen molar-refractivity contribution in [2.45, 2.75) is 51.6 Å². The van der Waals surface area contributed by atoms with Gasteiger partial charge in [-0.2, -0.15) is 0 Å². The summed E-state index contributed by atoms with van der Waals surface area (Å²) >= 11 is 5.63. The van der Waals surface area contributed by atoms with Crippen LogP contribution in [0.3, 0.4) is 0 Å². The molecule has 0 heterocycles. The van der Waals surface area contributed by atoms with Crippen molar-refractivity contribution < 1.29 is 0 Å². The molecule has 0 aliphatic heterocycles. The van der Waals surface area contributed by atoms with E-state index in [2.05, 4.69) is 26.5 Å². The summed E-state index contributed by atoms with van der Waals surface area (Å²) in [4.78, 5) is 0. The van der Waals surface area contributed by atoms with Gasteiger partial charge in [-0.05, 0) is 11.1 Å². The van der Waals surface area contributed by atoms with E-state index in [4.69, 9.17) is 11.6 Å². The predicted octanol–water partition coefficient (Wildman–Crippen LogP) is 4.11. The molecule has 0 fully saturated rings. The van der Waals surface area contributed by atoms with Crippen molar-refractivity contribution >= 4 is 20.4 Å². The molecule has 0 nitrogen and oxygen atoms in total. The molecule has 0 rings (SSSR count). The molecule has 0 aromatic heterocycles. The molecule has 0 radical (unpaired) electrons. The molecule has 0 spiro atoms. The largest absolute Gasteiger partial charge is 0.0937 e. The molecule has 0 amide bonds. The number of unbranched alkanes of at least 4 members (excludes halogenated alkanes) is 1. The van der Waals surface area contributed by atoms with Gasteiger partial charge in [0.2, 0.25) is 0 Å². The van der Waals surface area contributed by atoms with Gasteiger partial charge < -0.3 is 0 Å². The second-order valence-electron chi connectivity index (χ2n) is 3.51. The fourth-order valence-corrected chi connectivity index (χ4v) is 4.78. The van der Waals surface area contributed by atoms with Crippen molar-refractivity contribution in [3.63, 3.8) is 0 Å². The maximum absolute atomic E-state index is 5.63. The van der Waals surface area contributed by atoms with Crippen LogP contribution in [0, 0.1) is 0 Å². The molecule has 0 N–H and O–H groups in total. The molecule has 2 atom stereocenters. The molecule has 2 heteroatoms. The maximum Gasteiger partial charge on any atom is 0.0654 e. The molecule has 2 unspecified atom stereocenters. The first kappa shape index (κ1) is 12.2. The Labute approximate surface area is 83.6 Å². The van der Waals surface area contributed by atoms with Crippen LogP contribution in [0.4, 0.5) is 0 Å². The second-order valence-corrected chi connectivity index (χ2v) is 7.19. The molecular formula is C10H21ClSi. The number of rotatable bonds is 6. The normalized spacial score (nSPS) is 16.7. The summed E-state index contributed by atoms with van der Waals surface area (Å²) < 4.78 is 0. The van der Waals surface area contributed by atoms with E-state index >= 15 is 0 Å². The molecular weight excluding hydrogens is 184 g/mol. The fraction of sp³-hybridized carbons (Fsp3) is 0.800. The third kappa shape index (κ3) is 4.99. The fourth-order valence-electron chi connectivity index (χ4n) is 1.41. The average molecular weight is 205 g/mol. The van der Waals surface area contributed by atoms with Gasteiger partial charge in [-0.25, -0.2) is 0 Å². The molecule has 0 saturated heterocycles. The van der Waals surface area contributed by atoms with Gasteiger partial charge in [0.25, 0.3) is 0 Å². The van der Waals surface area contributed by atoms with E-state index in [0.717, 1.165) is 5.54 Å². The van der Waals surface area contributed by atoms with E-state index in [1.807, 2.05) is 0 Å². The topological polar surface area (TPSA) is 0 Å². The molecule has 0 saturated carbocycles. The van der Waals surface area contributed by atoms with Crippen LogP contribution in [0.5, 0.6) is 0 Å². The lowest BCUT2D eigenvalue weighted by molar-refractivity contribution is 0.821. The molecule has 0 aliphatic rings. The van der Waals surface area contributed by atoms with Crippen molar-refractivity contribution in [3.8, 4) is 0 Å². The zero-order valence-corrected chi connectivity index (χ0v) is 10.4. The monoisotopic (exact) mass is 204 g/mol. The number of hydrogen-bond acceptors (Lipinski definition) is 0. The van der Waals surface area contributed by atoms with E-state index < -0.39 is 8.80 Å². The number of hydrogen-bond donors (Lipinski definition) is 0. The van der Waals surface area contributed by atoms with E-state index in [9.17, 15) is 0 Å². The Morgan fingerprint density at radius 1 is 1.42 bits per heavy atom. The molecule has 72 valence electrons. The Morgan fingerprint density at radius 2 is 2.08 bits per heavy atom. The first-order valence-corrected chi connectivity index (χ1v) is 7.61. The smallest absolute Gasteiger partial charge is 0.0654 e.